The van der Waals surface area contributed by atoms with E-state index in [1.165, 1.54) is 24.3 Å². The Morgan fingerprint density at radius 2 is 2.11 bits per heavy atom. The molecule has 19 heavy (non-hydrogen) atoms. The van der Waals surface area contributed by atoms with Crippen molar-refractivity contribution < 1.29 is 19.6 Å². The molecule has 1 N–H and O–H groups in total. The Hall–Kier alpha value is -2.21. The number of nitro benzene ring substituents is 1. The summed E-state index contributed by atoms with van der Waals surface area (Å²) in [5, 5.41) is 20.6. The number of ether oxygens (including phenoxy) is 1. The average molecular weight is 265 g/mol. The van der Waals surface area contributed by atoms with Gasteiger partial charge in [0.15, 0.2) is 0 Å². The predicted molar refractivity (Wildman–Crippen MR) is 68.4 cm³/mol. The van der Waals surface area contributed by atoms with Crippen molar-refractivity contribution in [2.45, 2.75) is 26.1 Å². The van der Waals surface area contributed by atoms with E-state index in [9.17, 15) is 20.0 Å². The maximum Gasteiger partial charge on any atom is 0.336 e. The van der Waals surface area contributed by atoms with Crippen LogP contribution in [0.5, 0.6) is 0 Å². The zero-order chi connectivity index (χ0) is 14.6. The number of nitro groups is 1. The van der Waals surface area contributed by atoms with Crippen molar-refractivity contribution in [3.8, 4) is 0 Å². The molecule has 0 aliphatic rings. The molecule has 0 aliphatic carbocycles. The summed E-state index contributed by atoms with van der Waals surface area (Å²) in [6.07, 6.45) is -1.66. The van der Waals surface area contributed by atoms with Crippen LogP contribution in [0, 0.1) is 10.1 Å². The molecule has 0 bridgehead atoms. The molecule has 0 saturated carbocycles. The smallest absolute Gasteiger partial charge is 0.336 e. The molecule has 0 heterocycles. The third-order valence-electron chi connectivity index (χ3n) is 2.33. The van der Waals surface area contributed by atoms with E-state index >= 15 is 0 Å². The summed E-state index contributed by atoms with van der Waals surface area (Å²) in [5.41, 5.74) is -0.101. The van der Waals surface area contributed by atoms with Crippen molar-refractivity contribution in [2.75, 3.05) is 0 Å². The molecule has 6 nitrogen and oxygen atoms in total. The summed E-state index contributed by atoms with van der Waals surface area (Å²) in [7, 11) is 0. The monoisotopic (exact) mass is 265 g/mol. The fourth-order valence-electron chi connectivity index (χ4n) is 1.41. The number of rotatable bonds is 5. The van der Waals surface area contributed by atoms with Gasteiger partial charge in [-0.1, -0.05) is 18.7 Å². The lowest BCUT2D eigenvalue weighted by Gasteiger charge is -2.15. The fraction of sp³-hybridized carbons (Fsp3) is 0.308. The second-order valence-electron chi connectivity index (χ2n) is 4.23. The van der Waals surface area contributed by atoms with Crippen LogP contribution in [0.15, 0.2) is 36.4 Å². The normalized spacial score (nSPS) is 12.0. The molecule has 6 heteroatoms. The highest BCUT2D eigenvalue weighted by Gasteiger charge is 2.22. The highest BCUT2D eigenvalue weighted by molar-refractivity contribution is 5.89. The molecule has 1 rings (SSSR count). The van der Waals surface area contributed by atoms with Gasteiger partial charge >= 0.3 is 5.97 Å². The molecule has 1 aromatic carbocycles. The standard InChI is InChI=1S/C13H15NO5/c1-8(2)19-13(16)9(3)12(15)10-5-4-6-11(7-10)14(17)18/h4-8,12,15H,3H2,1-2H3. The van der Waals surface area contributed by atoms with Crippen molar-refractivity contribution in [1.29, 1.82) is 0 Å². The van der Waals surface area contributed by atoms with Crippen LogP contribution in [0.25, 0.3) is 0 Å². The van der Waals surface area contributed by atoms with Gasteiger partial charge in [-0.25, -0.2) is 4.79 Å². The lowest BCUT2D eigenvalue weighted by Crippen LogP contribution is -2.17. The Morgan fingerprint density at radius 1 is 1.47 bits per heavy atom. The molecule has 0 aliphatic heterocycles. The summed E-state index contributed by atoms with van der Waals surface area (Å²) in [4.78, 5) is 21.6. The minimum atomic E-state index is -1.33. The lowest BCUT2D eigenvalue weighted by molar-refractivity contribution is -0.385. The number of non-ortho nitro benzene ring substituents is 1. The maximum absolute atomic E-state index is 11.6. The Balaban J connectivity index is 2.91. The van der Waals surface area contributed by atoms with Gasteiger partial charge in [-0.3, -0.25) is 10.1 Å². The maximum atomic E-state index is 11.6. The number of benzene rings is 1. The molecule has 0 spiro atoms. The third kappa shape index (κ3) is 3.89. The number of aliphatic hydroxyl groups excluding tert-OH is 1. The third-order valence-corrected chi connectivity index (χ3v) is 2.33. The van der Waals surface area contributed by atoms with Gasteiger partial charge in [-0.15, -0.1) is 0 Å². The van der Waals surface area contributed by atoms with Crippen LogP contribution >= 0.6 is 0 Å². The summed E-state index contributed by atoms with van der Waals surface area (Å²) in [6, 6.07) is 5.40. The number of carbonyl (C=O) groups excluding carboxylic acids is 1. The number of hydrogen-bond donors (Lipinski definition) is 1. The fourth-order valence-corrected chi connectivity index (χ4v) is 1.41. The summed E-state index contributed by atoms with van der Waals surface area (Å²) in [6.45, 7) is 6.81. The summed E-state index contributed by atoms with van der Waals surface area (Å²) >= 11 is 0. The number of nitrogens with zero attached hydrogens (tertiary/aromatic N) is 1. The number of aliphatic hydroxyl groups is 1. The Labute approximate surface area is 110 Å². The second kappa shape index (κ2) is 6.10. The quantitative estimate of drug-likeness (QED) is 0.381. The van der Waals surface area contributed by atoms with Crippen LogP contribution in [-0.2, 0) is 9.53 Å². The van der Waals surface area contributed by atoms with Gasteiger partial charge < -0.3 is 9.84 Å². The molecule has 0 fully saturated rings. The Morgan fingerprint density at radius 3 is 2.63 bits per heavy atom. The van der Waals surface area contributed by atoms with Crippen LogP contribution in [0.2, 0.25) is 0 Å². The van der Waals surface area contributed by atoms with Crippen molar-refractivity contribution in [2.24, 2.45) is 0 Å². The molecule has 0 radical (unpaired) electrons. The largest absolute Gasteiger partial charge is 0.460 e. The zero-order valence-electron chi connectivity index (χ0n) is 10.7. The van der Waals surface area contributed by atoms with Crippen LogP contribution in [-0.4, -0.2) is 22.1 Å². The lowest BCUT2D eigenvalue weighted by atomic mass is 10.0. The van der Waals surface area contributed by atoms with E-state index < -0.39 is 17.0 Å². The van der Waals surface area contributed by atoms with E-state index in [4.69, 9.17) is 4.74 Å². The first-order valence-electron chi connectivity index (χ1n) is 5.65. The molecule has 1 aromatic rings. The van der Waals surface area contributed by atoms with E-state index in [2.05, 4.69) is 6.58 Å². The van der Waals surface area contributed by atoms with Crippen LogP contribution in [0.1, 0.15) is 25.5 Å². The van der Waals surface area contributed by atoms with Gasteiger partial charge in [0.1, 0.15) is 6.10 Å². The number of hydrogen-bond acceptors (Lipinski definition) is 5. The van der Waals surface area contributed by atoms with E-state index in [1.54, 1.807) is 13.8 Å². The van der Waals surface area contributed by atoms with Crippen LogP contribution in [0.4, 0.5) is 5.69 Å². The highest BCUT2D eigenvalue weighted by atomic mass is 16.6. The average Bonchev–Trinajstić information content (AvgIpc) is 2.36. The predicted octanol–water partition coefficient (Wildman–Crippen LogP) is 2.14. The topological polar surface area (TPSA) is 89.7 Å². The SMILES string of the molecule is C=C(C(=O)OC(C)C)C(O)c1cccc([N+](=O)[O-])c1. The number of carbonyl (C=O) groups is 1. The minimum Gasteiger partial charge on any atom is -0.460 e. The minimum absolute atomic E-state index is 0.158. The van der Waals surface area contributed by atoms with Crippen molar-refractivity contribution in [3.63, 3.8) is 0 Å². The molecular weight excluding hydrogens is 250 g/mol. The first-order chi connectivity index (χ1) is 8.82. The molecule has 0 aromatic heterocycles. The zero-order valence-corrected chi connectivity index (χ0v) is 10.7. The van der Waals surface area contributed by atoms with Gasteiger partial charge in [0.2, 0.25) is 0 Å². The van der Waals surface area contributed by atoms with Gasteiger partial charge in [-0.2, -0.15) is 0 Å². The van der Waals surface area contributed by atoms with Crippen molar-refractivity contribution in [3.05, 3.63) is 52.1 Å². The van der Waals surface area contributed by atoms with Gasteiger partial charge in [0, 0.05) is 12.1 Å². The molecule has 0 amide bonds. The van der Waals surface area contributed by atoms with Gasteiger partial charge in [0.05, 0.1) is 16.6 Å². The first-order valence-corrected chi connectivity index (χ1v) is 5.65. The molecular formula is C13H15NO5. The van der Waals surface area contributed by atoms with E-state index in [-0.39, 0.29) is 22.9 Å². The Bertz CT molecular complexity index is 510. The highest BCUT2D eigenvalue weighted by Crippen LogP contribution is 2.24. The van der Waals surface area contributed by atoms with E-state index in [1.807, 2.05) is 0 Å². The molecule has 0 saturated heterocycles. The van der Waals surface area contributed by atoms with Gasteiger partial charge in [0.25, 0.3) is 5.69 Å². The van der Waals surface area contributed by atoms with Crippen molar-refractivity contribution >= 4 is 11.7 Å². The van der Waals surface area contributed by atoms with Gasteiger partial charge in [-0.05, 0) is 19.4 Å². The second-order valence-corrected chi connectivity index (χ2v) is 4.23. The summed E-state index contributed by atoms with van der Waals surface area (Å²) in [5.74, 6) is -0.728. The van der Waals surface area contributed by atoms with Crippen LogP contribution < -0.4 is 0 Å². The van der Waals surface area contributed by atoms with Crippen molar-refractivity contribution in [1.82, 2.24) is 0 Å². The molecule has 1 atom stereocenters. The Kier molecular flexibility index (Phi) is 4.77. The van der Waals surface area contributed by atoms with E-state index in [0.29, 0.717) is 0 Å². The molecule has 102 valence electrons. The number of esters is 1. The summed E-state index contributed by atoms with van der Waals surface area (Å²) < 4.78 is 4.90. The molecule has 1 unspecified atom stereocenters. The first kappa shape index (κ1) is 14.8. The van der Waals surface area contributed by atoms with Crippen LogP contribution in [0.3, 0.4) is 0 Å². The van der Waals surface area contributed by atoms with E-state index in [0.717, 1.165) is 0 Å².